The zero-order valence-electron chi connectivity index (χ0n) is 14.2. The summed E-state index contributed by atoms with van der Waals surface area (Å²) in [6.07, 6.45) is 0.475. The first kappa shape index (κ1) is 18.4. The fraction of sp³-hybridized carbons (Fsp3) is 0.316. The van der Waals surface area contributed by atoms with Crippen LogP contribution in [0.4, 0.5) is 5.69 Å². The number of hydrogen-bond acceptors (Lipinski definition) is 4. The van der Waals surface area contributed by atoms with Crippen molar-refractivity contribution in [1.82, 2.24) is 0 Å². The number of rotatable bonds is 8. The first-order valence-corrected chi connectivity index (χ1v) is 9.00. The fourth-order valence-electron chi connectivity index (χ4n) is 2.10. The Morgan fingerprint density at radius 2 is 1.88 bits per heavy atom. The summed E-state index contributed by atoms with van der Waals surface area (Å²) in [5.74, 6) is 1.53. The number of anilines is 1. The van der Waals surface area contributed by atoms with Crippen molar-refractivity contribution in [3.8, 4) is 5.75 Å². The molecule has 0 atom stereocenters. The first-order valence-electron chi connectivity index (χ1n) is 8.01. The molecule has 24 heavy (non-hydrogen) atoms. The summed E-state index contributed by atoms with van der Waals surface area (Å²) in [7, 11) is 0. The minimum atomic E-state index is 0.0157. The number of benzene rings is 2. The van der Waals surface area contributed by atoms with Crippen LogP contribution in [0.2, 0.25) is 0 Å². The maximum absolute atomic E-state index is 12.0. The van der Waals surface area contributed by atoms with Crippen molar-refractivity contribution in [3.05, 3.63) is 53.6 Å². The van der Waals surface area contributed by atoms with Crippen LogP contribution in [-0.2, 0) is 4.79 Å². The summed E-state index contributed by atoms with van der Waals surface area (Å²) >= 11 is 1.70. The molecule has 3 N–H and O–H groups in total. The molecule has 0 fully saturated rings. The molecule has 0 aromatic heterocycles. The average Bonchev–Trinajstić information content (AvgIpc) is 2.57. The number of ether oxygens (including phenoxy) is 1. The predicted molar refractivity (Wildman–Crippen MR) is 101 cm³/mol. The normalized spacial score (nSPS) is 10.5. The number of aryl methyl sites for hydroxylation is 2. The molecule has 0 saturated heterocycles. The first-order chi connectivity index (χ1) is 11.6. The number of nitrogens with two attached hydrogens (primary N) is 1. The third kappa shape index (κ3) is 5.91. The Hall–Kier alpha value is -1.98. The lowest BCUT2D eigenvalue weighted by atomic mass is 10.1. The molecule has 0 heterocycles. The van der Waals surface area contributed by atoms with Gasteiger partial charge >= 0.3 is 0 Å². The van der Waals surface area contributed by atoms with Crippen LogP contribution in [0.25, 0.3) is 0 Å². The smallest absolute Gasteiger partial charge is 0.225 e. The molecule has 0 bridgehead atoms. The topological polar surface area (TPSA) is 64.3 Å². The lowest BCUT2D eigenvalue weighted by molar-refractivity contribution is -0.115. The van der Waals surface area contributed by atoms with Crippen LogP contribution in [0.1, 0.15) is 17.5 Å². The monoisotopic (exact) mass is 344 g/mol. The van der Waals surface area contributed by atoms with E-state index < -0.39 is 0 Å². The fourth-order valence-corrected chi connectivity index (χ4v) is 3.05. The van der Waals surface area contributed by atoms with Crippen LogP contribution >= 0.6 is 11.8 Å². The minimum Gasteiger partial charge on any atom is -0.492 e. The van der Waals surface area contributed by atoms with Crippen LogP contribution in [0.5, 0.6) is 5.75 Å². The highest BCUT2D eigenvalue weighted by Crippen LogP contribution is 2.22. The highest BCUT2D eigenvalue weighted by molar-refractivity contribution is 7.99. The van der Waals surface area contributed by atoms with Crippen LogP contribution in [0, 0.1) is 13.8 Å². The summed E-state index contributed by atoms with van der Waals surface area (Å²) in [4.78, 5) is 13.2. The second kappa shape index (κ2) is 9.35. The van der Waals surface area contributed by atoms with E-state index in [2.05, 4.69) is 37.4 Å². The Kier molecular flexibility index (Phi) is 7.15. The molecule has 0 radical (unpaired) electrons. The maximum atomic E-state index is 12.0. The molecule has 0 aliphatic rings. The third-order valence-electron chi connectivity index (χ3n) is 3.60. The summed E-state index contributed by atoms with van der Waals surface area (Å²) in [5, 5.41) is 2.90. The Morgan fingerprint density at radius 3 is 2.54 bits per heavy atom. The second-order valence-corrected chi connectivity index (χ2v) is 6.72. The van der Waals surface area contributed by atoms with Gasteiger partial charge in [0.25, 0.3) is 0 Å². The number of amides is 1. The largest absolute Gasteiger partial charge is 0.492 e. The van der Waals surface area contributed by atoms with Gasteiger partial charge in [-0.05, 0) is 61.4 Å². The highest BCUT2D eigenvalue weighted by atomic mass is 32.2. The quantitative estimate of drug-likeness (QED) is 0.716. The molecular formula is C19H24N2O2S. The Labute approximate surface area is 147 Å². The van der Waals surface area contributed by atoms with Crippen molar-refractivity contribution >= 4 is 23.4 Å². The molecule has 2 aromatic carbocycles. The van der Waals surface area contributed by atoms with Crippen molar-refractivity contribution in [2.45, 2.75) is 25.2 Å². The van der Waals surface area contributed by atoms with Crippen molar-refractivity contribution in [3.63, 3.8) is 0 Å². The SMILES string of the molecule is Cc1ccc(SCCC(=O)Nc2ccc(OCCN)cc2)cc1C. The molecular weight excluding hydrogens is 320 g/mol. The predicted octanol–water partition coefficient (Wildman–Crippen LogP) is 3.76. The lowest BCUT2D eigenvalue weighted by Crippen LogP contribution is -2.12. The molecule has 128 valence electrons. The number of nitrogens with one attached hydrogen (secondary N) is 1. The summed E-state index contributed by atoms with van der Waals surface area (Å²) in [5.41, 5.74) is 8.73. The number of carbonyl (C=O) groups is 1. The molecule has 1 amide bonds. The Morgan fingerprint density at radius 1 is 1.12 bits per heavy atom. The van der Waals surface area contributed by atoms with E-state index in [9.17, 15) is 4.79 Å². The van der Waals surface area contributed by atoms with Crippen molar-refractivity contribution in [2.24, 2.45) is 5.73 Å². The summed E-state index contributed by atoms with van der Waals surface area (Å²) in [6, 6.07) is 13.7. The average molecular weight is 344 g/mol. The standard InChI is InChI=1S/C19H24N2O2S/c1-14-3-8-18(13-15(14)2)24-12-9-19(22)21-16-4-6-17(7-5-16)23-11-10-20/h3-8,13H,9-12,20H2,1-2H3,(H,21,22). The van der Waals surface area contributed by atoms with E-state index in [1.165, 1.54) is 16.0 Å². The highest BCUT2D eigenvalue weighted by Gasteiger charge is 2.04. The molecule has 0 spiro atoms. The zero-order chi connectivity index (χ0) is 17.4. The van der Waals surface area contributed by atoms with Gasteiger partial charge < -0.3 is 15.8 Å². The molecule has 2 aromatic rings. The maximum Gasteiger partial charge on any atom is 0.225 e. The van der Waals surface area contributed by atoms with Gasteiger partial charge in [0, 0.05) is 29.3 Å². The number of hydrogen-bond donors (Lipinski definition) is 2. The molecule has 0 aliphatic heterocycles. The van der Waals surface area contributed by atoms with E-state index in [4.69, 9.17) is 10.5 Å². The van der Waals surface area contributed by atoms with Crippen molar-refractivity contribution in [1.29, 1.82) is 0 Å². The number of carbonyl (C=O) groups excluding carboxylic acids is 1. The second-order valence-electron chi connectivity index (χ2n) is 5.55. The van der Waals surface area contributed by atoms with E-state index in [1.54, 1.807) is 11.8 Å². The van der Waals surface area contributed by atoms with E-state index in [0.717, 1.165) is 17.2 Å². The van der Waals surface area contributed by atoms with E-state index in [1.807, 2.05) is 24.3 Å². The van der Waals surface area contributed by atoms with Gasteiger partial charge in [0.05, 0.1) is 0 Å². The summed E-state index contributed by atoms with van der Waals surface area (Å²) in [6.45, 7) is 5.18. The minimum absolute atomic E-state index is 0.0157. The van der Waals surface area contributed by atoms with Crippen molar-refractivity contribution < 1.29 is 9.53 Å². The summed E-state index contributed by atoms with van der Waals surface area (Å²) < 4.78 is 5.41. The van der Waals surface area contributed by atoms with Gasteiger partial charge in [-0.2, -0.15) is 0 Å². The lowest BCUT2D eigenvalue weighted by Gasteiger charge is -2.08. The molecule has 0 unspecified atom stereocenters. The molecule has 0 saturated carbocycles. The van der Waals surface area contributed by atoms with Gasteiger partial charge in [-0.1, -0.05) is 6.07 Å². The van der Waals surface area contributed by atoms with Crippen LogP contribution in [0.15, 0.2) is 47.4 Å². The van der Waals surface area contributed by atoms with Gasteiger partial charge in [0.1, 0.15) is 12.4 Å². The van der Waals surface area contributed by atoms with Crippen LogP contribution in [0.3, 0.4) is 0 Å². The van der Waals surface area contributed by atoms with Crippen LogP contribution in [-0.4, -0.2) is 24.8 Å². The number of thioether (sulfide) groups is 1. The van der Waals surface area contributed by atoms with Crippen molar-refractivity contribution in [2.75, 3.05) is 24.2 Å². The van der Waals surface area contributed by atoms with Gasteiger partial charge in [0.15, 0.2) is 0 Å². The molecule has 5 heteroatoms. The zero-order valence-corrected chi connectivity index (χ0v) is 15.0. The molecule has 0 aliphatic carbocycles. The van der Waals surface area contributed by atoms with Gasteiger partial charge in [0.2, 0.25) is 5.91 Å². The van der Waals surface area contributed by atoms with Gasteiger partial charge in [-0.15, -0.1) is 11.8 Å². The molecule has 4 nitrogen and oxygen atoms in total. The van der Waals surface area contributed by atoms with Gasteiger partial charge in [-0.25, -0.2) is 0 Å². The Bertz CT molecular complexity index is 672. The van der Waals surface area contributed by atoms with E-state index >= 15 is 0 Å². The third-order valence-corrected chi connectivity index (χ3v) is 4.60. The van der Waals surface area contributed by atoms with Gasteiger partial charge in [-0.3, -0.25) is 4.79 Å². The van der Waals surface area contributed by atoms with Crippen LogP contribution < -0.4 is 15.8 Å². The Balaban J connectivity index is 1.75. The van der Waals surface area contributed by atoms with E-state index in [-0.39, 0.29) is 5.91 Å². The molecule has 2 rings (SSSR count). The van der Waals surface area contributed by atoms with E-state index in [0.29, 0.717) is 19.6 Å².